The second-order valence-corrected chi connectivity index (χ2v) is 5.34. The molecule has 0 heterocycles. The number of carbonyl (C=O) groups excluding carboxylic acids is 3. The second-order valence-electron chi connectivity index (χ2n) is 4.11. The third kappa shape index (κ3) is 9.03. The van der Waals surface area contributed by atoms with Crippen molar-refractivity contribution in [2.45, 2.75) is 23.9 Å². The summed E-state index contributed by atoms with van der Waals surface area (Å²) in [4.78, 5) is 44.6. The Morgan fingerprint density at radius 2 is 1.83 bits per heavy atom. The Labute approximate surface area is 132 Å². The Balaban J connectivity index is 4.64. The summed E-state index contributed by atoms with van der Waals surface area (Å²) in [5, 5.41) is 7.31. The molecular weight excluding hydrogens is 347 g/mol. The Hall–Kier alpha value is -1.82. The van der Waals surface area contributed by atoms with Crippen molar-refractivity contribution in [1.29, 1.82) is 0 Å². The maximum atomic E-state index is 11.9. The highest BCUT2D eigenvalue weighted by molar-refractivity contribution is 8.00. The standard InChI is InChI=1S/C11H14F3NO7S/c1-21-10(20)7(23-3-5(15)8(17)18)2-6(16)9(19)22-4-11(12,13)14/h5,7H,2-4,15H2,1H3,(H,17,18)/t5-,7?/m0/s1. The van der Waals surface area contributed by atoms with E-state index in [0.717, 1.165) is 7.11 Å². The van der Waals surface area contributed by atoms with Gasteiger partial charge in [0, 0.05) is 12.2 Å². The van der Waals surface area contributed by atoms with Gasteiger partial charge in [0.2, 0.25) is 5.78 Å². The van der Waals surface area contributed by atoms with Crippen LogP contribution in [0.5, 0.6) is 0 Å². The van der Waals surface area contributed by atoms with Gasteiger partial charge in [0.25, 0.3) is 0 Å². The SMILES string of the molecule is COC(=O)C(CC(=O)C(=O)OCC(F)(F)F)SC[C@H](N)C(=O)O. The fraction of sp³-hybridized carbons (Fsp3) is 0.636. The van der Waals surface area contributed by atoms with Crippen LogP contribution in [-0.2, 0) is 28.7 Å². The Morgan fingerprint density at radius 3 is 2.26 bits per heavy atom. The summed E-state index contributed by atoms with van der Waals surface area (Å²) in [6, 6.07) is -1.33. The van der Waals surface area contributed by atoms with Gasteiger partial charge in [0.05, 0.1) is 7.11 Å². The fourth-order valence-electron chi connectivity index (χ4n) is 1.11. The zero-order chi connectivity index (χ0) is 18.2. The van der Waals surface area contributed by atoms with Gasteiger partial charge in [-0.3, -0.25) is 14.4 Å². The van der Waals surface area contributed by atoms with Crippen molar-refractivity contribution in [3.8, 4) is 0 Å². The Bertz CT molecular complexity index is 469. The molecule has 0 aliphatic rings. The smallest absolute Gasteiger partial charge is 0.422 e. The van der Waals surface area contributed by atoms with E-state index in [1.165, 1.54) is 0 Å². The van der Waals surface area contributed by atoms with Gasteiger partial charge in [0.15, 0.2) is 6.61 Å². The molecule has 0 aromatic rings. The summed E-state index contributed by atoms with van der Waals surface area (Å²) in [5.74, 6) is -5.71. The molecule has 1 unspecified atom stereocenters. The van der Waals surface area contributed by atoms with Crippen molar-refractivity contribution in [1.82, 2.24) is 0 Å². The van der Waals surface area contributed by atoms with E-state index in [0.29, 0.717) is 11.8 Å². The van der Waals surface area contributed by atoms with Crippen LogP contribution in [0.3, 0.4) is 0 Å². The zero-order valence-electron chi connectivity index (χ0n) is 11.8. The summed E-state index contributed by atoms with van der Waals surface area (Å²) < 4.78 is 43.7. The molecule has 8 nitrogen and oxygen atoms in total. The molecule has 23 heavy (non-hydrogen) atoms. The third-order valence-corrected chi connectivity index (χ3v) is 3.54. The number of rotatable bonds is 9. The molecule has 12 heteroatoms. The first-order chi connectivity index (χ1) is 10.5. The first-order valence-electron chi connectivity index (χ1n) is 5.92. The lowest BCUT2D eigenvalue weighted by Gasteiger charge is -2.15. The lowest BCUT2D eigenvalue weighted by Crippen LogP contribution is -2.35. The third-order valence-electron chi connectivity index (χ3n) is 2.22. The number of nitrogens with two attached hydrogens (primary N) is 1. The molecule has 0 bridgehead atoms. The van der Waals surface area contributed by atoms with Gasteiger partial charge < -0.3 is 20.3 Å². The number of halogens is 3. The summed E-state index contributed by atoms with van der Waals surface area (Å²) in [6.45, 7) is -1.93. The number of alkyl halides is 3. The van der Waals surface area contributed by atoms with Crippen LogP contribution in [0, 0.1) is 0 Å². The number of ether oxygens (including phenoxy) is 2. The van der Waals surface area contributed by atoms with Crippen LogP contribution in [-0.4, -0.2) is 65.7 Å². The summed E-state index contributed by atoms with van der Waals surface area (Å²) in [7, 11) is 0.986. The number of Topliss-reactive ketones (excluding diaryl/α,β-unsaturated/α-hetero) is 1. The summed E-state index contributed by atoms with van der Waals surface area (Å²) in [6.07, 6.45) is -5.60. The summed E-state index contributed by atoms with van der Waals surface area (Å²) in [5.41, 5.74) is 5.22. The number of carboxylic acid groups (broad SMARTS) is 1. The van der Waals surface area contributed by atoms with Gasteiger partial charge in [-0.1, -0.05) is 0 Å². The lowest BCUT2D eigenvalue weighted by atomic mass is 10.2. The van der Waals surface area contributed by atoms with E-state index in [9.17, 15) is 32.3 Å². The van der Waals surface area contributed by atoms with Crippen molar-refractivity contribution in [2.75, 3.05) is 19.5 Å². The minimum absolute atomic E-state index is 0.278. The molecule has 0 rings (SSSR count). The van der Waals surface area contributed by atoms with Crippen LogP contribution in [0.2, 0.25) is 0 Å². The van der Waals surface area contributed by atoms with Crippen LogP contribution in [0.1, 0.15) is 6.42 Å². The number of hydrogen-bond acceptors (Lipinski definition) is 8. The van der Waals surface area contributed by atoms with Crippen LogP contribution in [0.4, 0.5) is 13.2 Å². The molecule has 0 spiro atoms. The first-order valence-corrected chi connectivity index (χ1v) is 6.97. The van der Waals surface area contributed by atoms with Crippen LogP contribution in [0.15, 0.2) is 0 Å². The number of ketones is 1. The normalized spacial score (nSPS) is 13.8. The fourth-order valence-corrected chi connectivity index (χ4v) is 2.20. The molecule has 0 saturated heterocycles. The predicted octanol–water partition coefficient (Wildman–Crippen LogP) is -0.262. The second kappa shape index (κ2) is 9.35. The van der Waals surface area contributed by atoms with Gasteiger partial charge in [-0.15, -0.1) is 11.8 Å². The number of aliphatic carboxylic acids is 1. The molecule has 0 aliphatic heterocycles. The average Bonchev–Trinajstić information content (AvgIpc) is 2.46. The highest BCUT2D eigenvalue weighted by atomic mass is 32.2. The summed E-state index contributed by atoms with van der Waals surface area (Å²) >= 11 is 0.629. The number of carbonyl (C=O) groups is 4. The molecule has 3 N–H and O–H groups in total. The molecule has 0 amide bonds. The first kappa shape index (κ1) is 21.2. The zero-order valence-corrected chi connectivity index (χ0v) is 12.6. The Morgan fingerprint density at radius 1 is 1.26 bits per heavy atom. The molecule has 0 fully saturated rings. The van der Waals surface area contributed by atoms with E-state index in [-0.39, 0.29) is 5.75 Å². The average molecular weight is 361 g/mol. The number of carboxylic acids is 1. The van der Waals surface area contributed by atoms with Crippen LogP contribution < -0.4 is 5.73 Å². The monoisotopic (exact) mass is 361 g/mol. The minimum Gasteiger partial charge on any atom is -0.480 e. The number of methoxy groups -OCH3 is 1. The van der Waals surface area contributed by atoms with E-state index >= 15 is 0 Å². The highest BCUT2D eigenvalue weighted by Crippen LogP contribution is 2.19. The minimum atomic E-state index is -4.79. The Kier molecular flexibility index (Phi) is 8.61. The van der Waals surface area contributed by atoms with E-state index < -0.39 is 54.2 Å². The van der Waals surface area contributed by atoms with Gasteiger partial charge in [-0.25, -0.2) is 4.79 Å². The van der Waals surface area contributed by atoms with Crippen molar-refractivity contribution in [2.24, 2.45) is 5.73 Å². The molecule has 0 aromatic carbocycles. The molecule has 132 valence electrons. The van der Waals surface area contributed by atoms with E-state index in [1.54, 1.807) is 0 Å². The van der Waals surface area contributed by atoms with Gasteiger partial charge in [-0.05, 0) is 0 Å². The molecule has 0 saturated carbocycles. The molecule has 0 aliphatic carbocycles. The molecular formula is C11H14F3NO7S. The van der Waals surface area contributed by atoms with Crippen molar-refractivity contribution >= 4 is 35.5 Å². The number of esters is 2. The van der Waals surface area contributed by atoms with Crippen LogP contribution >= 0.6 is 11.8 Å². The van der Waals surface area contributed by atoms with Gasteiger partial charge in [-0.2, -0.15) is 13.2 Å². The van der Waals surface area contributed by atoms with Crippen LogP contribution in [0.25, 0.3) is 0 Å². The molecule has 0 radical (unpaired) electrons. The quantitative estimate of drug-likeness (QED) is 0.421. The molecule has 2 atom stereocenters. The van der Waals surface area contributed by atoms with E-state index in [2.05, 4.69) is 9.47 Å². The predicted molar refractivity (Wildman–Crippen MR) is 70.5 cm³/mol. The maximum absolute atomic E-state index is 11.9. The van der Waals surface area contributed by atoms with Crippen molar-refractivity contribution < 1.29 is 46.9 Å². The largest absolute Gasteiger partial charge is 0.480 e. The topological polar surface area (TPSA) is 133 Å². The highest BCUT2D eigenvalue weighted by Gasteiger charge is 2.33. The number of thioether (sulfide) groups is 1. The lowest BCUT2D eigenvalue weighted by molar-refractivity contribution is -0.187. The number of hydrogen-bond donors (Lipinski definition) is 2. The van der Waals surface area contributed by atoms with E-state index in [4.69, 9.17) is 10.8 Å². The van der Waals surface area contributed by atoms with E-state index in [1.807, 2.05) is 0 Å². The van der Waals surface area contributed by atoms with Gasteiger partial charge >= 0.3 is 24.1 Å². The van der Waals surface area contributed by atoms with Crippen molar-refractivity contribution in [3.63, 3.8) is 0 Å². The maximum Gasteiger partial charge on any atom is 0.422 e. The van der Waals surface area contributed by atoms with Gasteiger partial charge in [0.1, 0.15) is 11.3 Å². The van der Waals surface area contributed by atoms with Crippen molar-refractivity contribution in [3.05, 3.63) is 0 Å². The molecule has 0 aromatic heterocycles.